The summed E-state index contributed by atoms with van der Waals surface area (Å²) in [6.07, 6.45) is 6.25. The average molecular weight is 475 g/mol. The van der Waals surface area contributed by atoms with Gasteiger partial charge in [0.1, 0.15) is 11.8 Å². The largest absolute Gasteiger partial charge is 0.508 e. The van der Waals surface area contributed by atoms with E-state index in [0.29, 0.717) is 19.5 Å². The number of hydrogen-bond donors (Lipinski definition) is 4. The molecule has 5 rings (SSSR count). The first-order valence-corrected chi connectivity index (χ1v) is 12.4. The maximum Gasteiger partial charge on any atom is 0.245 e. The van der Waals surface area contributed by atoms with Crippen molar-refractivity contribution in [2.24, 2.45) is 5.73 Å². The molecule has 2 aliphatic rings. The van der Waals surface area contributed by atoms with Gasteiger partial charge in [-0.05, 0) is 79.8 Å². The third-order valence-corrected chi connectivity index (χ3v) is 7.86. The Balaban J connectivity index is 1.36. The zero-order valence-corrected chi connectivity index (χ0v) is 20.4. The van der Waals surface area contributed by atoms with Crippen LogP contribution in [-0.2, 0) is 27.8 Å². The smallest absolute Gasteiger partial charge is 0.245 e. The van der Waals surface area contributed by atoms with Crippen molar-refractivity contribution in [1.29, 1.82) is 0 Å². The van der Waals surface area contributed by atoms with Gasteiger partial charge in [-0.1, -0.05) is 24.3 Å². The molecule has 1 aliphatic carbocycles. The number of nitrogens with two attached hydrogens (primary N) is 1. The number of phenols is 1. The number of aryl methyl sites for hydroxylation is 1. The number of aromatic amines is 1. The van der Waals surface area contributed by atoms with Crippen molar-refractivity contribution in [3.63, 3.8) is 0 Å². The van der Waals surface area contributed by atoms with Crippen LogP contribution < -0.4 is 11.1 Å². The lowest BCUT2D eigenvalue weighted by atomic mass is 9.73. The maximum atomic E-state index is 13.7. The molecule has 1 fully saturated rings. The van der Waals surface area contributed by atoms with E-state index in [9.17, 15) is 14.7 Å². The van der Waals surface area contributed by atoms with E-state index in [1.165, 1.54) is 11.1 Å². The minimum absolute atomic E-state index is 0.0850. The van der Waals surface area contributed by atoms with Gasteiger partial charge in [-0.2, -0.15) is 0 Å². The van der Waals surface area contributed by atoms with Gasteiger partial charge in [-0.3, -0.25) is 9.59 Å². The van der Waals surface area contributed by atoms with E-state index in [1.54, 1.807) is 32.0 Å². The fraction of sp³-hybridized carbons (Fsp3) is 0.429. The Kier molecular flexibility index (Phi) is 5.83. The van der Waals surface area contributed by atoms with Gasteiger partial charge in [0.05, 0.1) is 5.54 Å². The van der Waals surface area contributed by atoms with Crippen LogP contribution in [0.25, 0.3) is 10.9 Å². The highest BCUT2D eigenvalue weighted by Crippen LogP contribution is 2.46. The molecule has 1 atom stereocenters. The summed E-state index contributed by atoms with van der Waals surface area (Å²) in [7, 11) is 0. The molecule has 2 amide bonds. The molecule has 5 N–H and O–H groups in total. The summed E-state index contributed by atoms with van der Waals surface area (Å²) in [6, 6.07) is 13.1. The number of benzene rings is 2. The Bertz CT molecular complexity index is 1260. The van der Waals surface area contributed by atoms with Crippen molar-refractivity contribution in [2.75, 3.05) is 13.1 Å². The molecule has 1 saturated heterocycles. The second-order valence-electron chi connectivity index (χ2n) is 10.8. The molecule has 1 aromatic heterocycles. The van der Waals surface area contributed by atoms with Gasteiger partial charge < -0.3 is 26.0 Å². The molecular formula is C28H34N4O3. The molecule has 0 unspecified atom stereocenters. The number of H-pyrrole nitrogens is 1. The summed E-state index contributed by atoms with van der Waals surface area (Å²) >= 11 is 0. The van der Waals surface area contributed by atoms with Crippen LogP contribution >= 0.6 is 0 Å². The molecule has 1 spiro atoms. The number of nitrogens with zero attached hydrogens (tertiary/aromatic N) is 1. The highest BCUT2D eigenvalue weighted by Gasteiger charge is 2.42. The van der Waals surface area contributed by atoms with Gasteiger partial charge in [0.2, 0.25) is 11.8 Å². The van der Waals surface area contributed by atoms with E-state index in [4.69, 9.17) is 5.73 Å². The van der Waals surface area contributed by atoms with Crippen LogP contribution in [0.5, 0.6) is 5.75 Å². The predicted molar refractivity (Wildman–Crippen MR) is 136 cm³/mol. The Morgan fingerprint density at radius 1 is 1.17 bits per heavy atom. The number of phenolic OH excluding ortho intramolecular Hbond substituents is 1. The lowest BCUT2D eigenvalue weighted by molar-refractivity contribution is -0.138. The topological polar surface area (TPSA) is 111 Å². The molecule has 2 aromatic carbocycles. The summed E-state index contributed by atoms with van der Waals surface area (Å²) in [5.74, 6) is -0.290. The van der Waals surface area contributed by atoms with E-state index < -0.39 is 11.6 Å². The van der Waals surface area contributed by atoms with Gasteiger partial charge in [-0.25, -0.2) is 0 Å². The van der Waals surface area contributed by atoms with E-state index in [2.05, 4.69) is 34.6 Å². The number of fused-ring (bicyclic) bond motifs is 3. The van der Waals surface area contributed by atoms with Gasteiger partial charge in [-0.15, -0.1) is 0 Å². The lowest BCUT2D eigenvalue weighted by Gasteiger charge is -2.41. The standard InChI is InChI=1S/C28H34N4O3/c1-27(2,29)26(35)31-24(15-19-17-30-23-8-7-20(33)16-21(19)23)25(34)32-13-11-28(12-14-32)10-9-18-5-3-4-6-22(18)28/h3-8,16-17,24,30,33H,9-15,29H2,1-2H3,(H,31,35)/t24-/m1/s1. The first-order chi connectivity index (χ1) is 16.7. The molecular weight excluding hydrogens is 440 g/mol. The predicted octanol–water partition coefficient (Wildman–Crippen LogP) is 3.14. The molecule has 1 aliphatic heterocycles. The summed E-state index contributed by atoms with van der Waals surface area (Å²) in [4.78, 5) is 31.6. The lowest BCUT2D eigenvalue weighted by Crippen LogP contribution is -2.58. The van der Waals surface area contributed by atoms with E-state index >= 15 is 0 Å². The van der Waals surface area contributed by atoms with Crippen molar-refractivity contribution < 1.29 is 14.7 Å². The van der Waals surface area contributed by atoms with Crippen molar-refractivity contribution in [2.45, 2.75) is 62.9 Å². The Hall–Kier alpha value is -3.32. The SMILES string of the molecule is CC(C)(N)C(=O)N[C@H](Cc1c[nH]c2ccc(O)cc12)C(=O)N1CCC2(CCc3ccccc32)CC1. The van der Waals surface area contributed by atoms with Crippen LogP contribution in [-0.4, -0.2) is 51.5 Å². The molecule has 7 nitrogen and oxygen atoms in total. The van der Waals surface area contributed by atoms with E-state index in [-0.39, 0.29) is 23.0 Å². The van der Waals surface area contributed by atoms with Crippen LogP contribution in [0, 0.1) is 0 Å². The van der Waals surface area contributed by atoms with E-state index in [1.807, 2.05) is 11.1 Å². The molecule has 184 valence electrons. The van der Waals surface area contributed by atoms with Crippen LogP contribution in [0.15, 0.2) is 48.7 Å². The van der Waals surface area contributed by atoms with Gasteiger partial charge in [0.25, 0.3) is 0 Å². The molecule has 0 radical (unpaired) electrons. The van der Waals surface area contributed by atoms with E-state index in [0.717, 1.165) is 42.1 Å². The molecule has 3 aromatic rings. The number of rotatable bonds is 5. The summed E-state index contributed by atoms with van der Waals surface area (Å²) in [5.41, 5.74) is 9.70. The van der Waals surface area contributed by atoms with Gasteiger partial charge in [0, 0.05) is 36.6 Å². The Morgan fingerprint density at radius 2 is 1.91 bits per heavy atom. The number of aromatic nitrogens is 1. The number of hydrogen-bond acceptors (Lipinski definition) is 4. The zero-order chi connectivity index (χ0) is 24.8. The van der Waals surface area contributed by atoms with Crippen LogP contribution in [0.2, 0.25) is 0 Å². The van der Waals surface area contributed by atoms with Gasteiger partial charge >= 0.3 is 0 Å². The Labute approximate surface area is 205 Å². The summed E-state index contributed by atoms with van der Waals surface area (Å²) in [5, 5.41) is 13.7. The highest BCUT2D eigenvalue weighted by atomic mass is 16.3. The quantitative estimate of drug-likeness (QED) is 0.455. The highest BCUT2D eigenvalue weighted by molar-refractivity contribution is 5.92. The molecule has 0 bridgehead atoms. The number of amides is 2. The number of aromatic hydroxyl groups is 1. The number of carbonyl (C=O) groups is 2. The van der Waals surface area contributed by atoms with Crippen molar-refractivity contribution in [1.82, 2.24) is 15.2 Å². The normalized spacial score (nSPS) is 18.0. The number of carbonyl (C=O) groups excluding carboxylic acids is 2. The summed E-state index contributed by atoms with van der Waals surface area (Å²) in [6.45, 7) is 4.60. The zero-order valence-electron chi connectivity index (χ0n) is 20.4. The summed E-state index contributed by atoms with van der Waals surface area (Å²) < 4.78 is 0. The fourth-order valence-electron chi connectivity index (χ4n) is 5.76. The van der Waals surface area contributed by atoms with Crippen molar-refractivity contribution >= 4 is 22.7 Å². The van der Waals surface area contributed by atoms with Crippen LogP contribution in [0.1, 0.15) is 49.8 Å². The molecule has 35 heavy (non-hydrogen) atoms. The third kappa shape index (κ3) is 4.41. The second-order valence-corrected chi connectivity index (χ2v) is 10.8. The monoisotopic (exact) mass is 474 g/mol. The maximum absolute atomic E-state index is 13.7. The molecule has 0 saturated carbocycles. The Morgan fingerprint density at radius 3 is 2.66 bits per heavy atom. The molecule has 2 heterocycles. The minimum Gasteiger partial charge on any atom is -0.508 e. The average Bonchev–Trinajstić information content (AvgIpc) is 3.39. The first kappa shape index (κ1) is 23.4. The van der Waals surface area contributed by atoms with Crippen molar-refractivity contribution in [3.05, 3.63) is 65.4 Å². The third-order valence-electron chi connectivity index (χ3n) is 7.86. The van der Waals surface area contributed by atoms with Crippen LogP contribution in [0.3, 0.4) is 0 Å². The number of nitrogens with one attached hydrogen (secondary N) is 2. The van der Waals surface area contributed by atoms with Crippen molar-refractivity contribution in [3.8, 4) is 5.75 Å². The fourth-order valence-corrected chi connectivity index (χ4v) is 5.76. The number of likely N-dealkylation sites (tertiary alicyclic amines) is 1. The minimum atomic E-state index is -1.10. The first-order valence-electron chi connectivity index (χ1n) is 12.4. The molecule has 7 heteroatoms. The van der Waals surface area contributed by atoms with Gasteiger partial charge in [0.15, 0.2) is 0 Å². The second kappa shape index (κ2) is 8.72. The number of piperidine rings is 1. The van der Waals surface area contributed by atoms with Crippen LogP contribution in [0.4, 0.5) is 0 Å².